The van der Waals surface area contributed by atoms with Crippen molar-refractivity contribution in [2.24, 2.45) is 34.1 Å². The molecule has 14 heteroatoms. The number of fused-ring (bicyclic) bond motifs is 6. The number of benzene rings is 3. The van der Waals surface area contributed by atoms with Crippen LogP contribution in [0, 0.1) is 29.1 Å². The fourth-order valence-corrected chi connectivity index (χ4v) is 14.2. The number of rotatable bonds is 11. The predicted octanol–water partition coefficient (Wildman–Crippen LogP) is 9.29. The largest absolute Gasteiger partial charge is 0.453 e. The van der Waals surface area contributed by atoms with E-state index in [1.165, 1.54) is 62.2 Å². The lowest BCUT2D eigenvalue weighted by Gasteiger charge is -2.38. The van der Waals surface area contributed by atoms with Crippen LogP contribution >= 0.6 is 0 Å². The van der Waals surface area contributed by atoms with Crippen LogP contribution in [0.3, 0.4) is 0 Å². The summed E-state index contributed by atoms with van der Waals surface area (Å²) >= 11 is 0. The first-order valence-corrected chi connectivity index (χ1v) is 26.1. The third-order valence-corrected chi connectivity index (χ3v) is 17.6. The Morgan fingerprint density at radius 2 is 1.24 bits per heavy atom. The van der Waals surface area contributed by atoms with Gasteiger partial charge in [0.15, 0.2) is 0 Å². The summed E-state index contributed by atoms with van der Waals surface area (Å²) in [6.07, 6.45) is 14.1. The second-order valence-corrected chi connectivity index (χ2v) is 22.4. The molecule has 3 aromatic carbocycles. The van der Waals surface area contributed by atoms with E-state index in [-0.39, 0.29) is 64.7 Å². The second kappa shape index (κ2) is 18.4. The van der Waals surface area contributed by atoms with Crippen molar-refractivity contribution in [2.45, 2.75) is 147 Å². The van der Waals surface area contributed by atoms with Crippen LogP contribution in [0.1, 0.15) is 127 Å². The Morgan fingerprint density at radius 1 is 0.704 bits per heavy atom. The Kier molecular flexibility index (Phi) is 12.2. The number of aromatic nitrogens is 2. The molecule has 4 aliphatic carbocycles. The monoisotopic (exact) mass is 962 g/mol. The number of likely N-dealkylation sites (tertiary alicyclic amines) is 2. The molecule has 3 N–H and O–H groups in total. The number of carbonyl (C=O) groups excluding carboxylic acids is 4. The van der Waals surface area contributed by atoms with Crippen LogP contribution in [0.15, 0.2) is 70.6 Å². The number of alkyl carbamates (subject to hydrolysis) is 2. The zero-order valence-corrected chi connectivity index (χ0v) is 41.9. The van der Waals surface area contributed by atoms with Crippen LogP contribution in [0.5, 0.6) is 0 Å². The number of allylic oxidation sites excluding steroid dienone is 1. The highest BCUT2D eigenvalue weighted by Gasteiger charge is 2.53. The van der Waals surface area contributed by atoms with Crippen LogP contribution in [0.2, 0.25) is 0 Å². The van der Waals surface area contributed by atoms with Crippen LogP contribution < -0.4 is 16.2 Å². The van der Waals surface area contributed by atoms with E-state index in [0.29, 0.717) is 29.1 Å². The molecule has 11 rings (SSSR count). The van der Waals surface area contributed by atoms with Crippen LogP contribution in [0.25, 0.3) is 38.7 Å². The lowest BCUT2D eigenvalue weighted by molar-refractivity contribution is -0.139. The van der Waals surface area contributed by atoms with E-state index < -0.39 is 24.3 Å². The lowest BCUT2D eigenvalue weighted by atomic mass is 9.82. The SMILES string of the molecule is COC(=O)NC(C(=O)N1[C@@H]2CC[C@@H](C2)[C@H]1C1=NC=C(c2ccc(-c3ccc(-c4ccc5nc([C@@H]6[C@H]7CC[C@H](C7)N6C(=O)[C@H](NC(=O)OC)C(C)C)[nH]c(=O)c5c4)c4c3CC3(CCCC3)C4)cc2)C1)C(C)C. The van der Waals surface area contributed by atoms with E-state index in [0.717, 1.165) is 79.3 Å². The van der Waals surface area contributed by atoms with Crippen molar-refractivity contribution >= 4 is 46.2 Å². The summed E-state index contributed by atoms with van der Waals surface area (Å²) < 4.78 is 9.74. The lowest BCUT2D eigenvalue weighted by Crippen LogP contribution is -2.57. The summed E-state index contributed by atoms with van der Waals surface area (Å²) in [5, 5.41) is 6.07. The molecule has 5 fully saturated rings. The Labute approximate surface area is 415 Å². The van der Waals surface area contributed by atoms with Gasteiger partial charge in [-0.15, -0.1) is 0 Å². The molecule has 4 heterocycles. The first kappa shape index (κ1) is 47.0. The van der Waals surface area contributed by atoms with Crippen molar-refractivity contribution in [1.29, 1.82) is 0 Å². The highest BCUT2D eigenvalue weighted by molar-refractivity contribution is 6.04. The minimum absolute atomic E-state index is 0.0203. The molecule has 4 amide bonds. The first-order chi connectivity index (χ1) is 34.2. The summed E-state index contributed by atoms with van der Waals surface area (Å²) in [4.78, 5) is 84.2. The normalized spacial score (nSPS) is 25.5. The molecular formula is C57H67N7O7. The zero-order chi connectivity index (χ0) is 49.5. The summed E-state index contributed by atoms with van der Waals surface area (Å²) in [7, 11) is 2.62. The van der Waals surface area contributed by atoms with Gasteiger partial charge >= 0.3 is 12.2 Å². The number of aromatic amines is 1. The smallest absolute Gasteiger partial charge is 0.407 e. The van der Waals surface area contributed by atoms with E-state index in [1.54, 1.807) is 0 Å². The molecule has 1 aromatic heterocycles. The maximum atomic E-state index is 14.2. The average Bonchev–Trinajstić information content (AvgIpc) is 4.26. The summed E-state index contributed by atoms with van der Waals surface area (Å²) in [5.41, 5.74) is 11.3. The summed E-state index contributed by atoms with van der Waals surface area (Å²) in [6.45, 7) is 7.71. The van der Waals surface area contributed by atoms with Crippen molar-refractivity contribution in [2.75, 3.05) is 14.2 Å². The maximum absolute atomic E-state index is 14.2. The van der Waals surface area contributed by atoms with E-state index in [9.17, 15) is 24.0 Å². The number of piperidine rings is 2. The first-order valence-electron chi connectivity index (χ1n) is 26.1. The molecule has 71 heavy (non-hydrogen) atoms. The Morgan fingerprint density at radius 3 is 1.82 bits per heavy atom. The third kappa shape index (κ3) is 8.22. The Bertz CT molecular complexity index is 2930. The van der Waals surface area contributed by atoms with Crippen molar-refractivity contribution in [1.82, 2.24) is 30.4 Å². The minimum atomic E-state index is -0.762. The number of carbonyl (C=O) groups is 4. The summed E-state index contributed by atoms with van der Waals surface area (Å²) in [6, 6.07) is 17.7. The van der Waals surface area contributed by atoms with Crippen LogP contribution in [-0.4, -0.2) is 93.9 Å². The van der Waals surface area contributed by atoms with Gasteiger partial charge in [-0.25, -0.2) is 14.6 Å². The van der Waals surface area contributed by atoms with Gasteiger partial charge in [-0.05, 0) is 150 Å². The quantitative estimate of drug-likeness (QED) is 0.133. The fourth-order valence-electron chi connectivity index (χ4n) is 14.2. The molecule has 3 aliphatic heterocycles. The van der Waals surface area contributed by atoms with Gasteiger partial charge in [-0.3, -0.25) is 19.4 Å². The number of hydrogen-bond acceptors (Lipinski definition) is 9. The second-order valence-electron chi connectivity index (χ2n) is 22.4. The van der Waals surface area contributed by atoms with E-state index in [2.05, 4.69) is 58.1 Å². The molecule has 7 aliphatic rings. The Hall–Kier alpha value is -6.31. The van der Waals surface area contributed by atoms with Crippen molar-refractivity contribution < 1.29 is 28.7 Å². The van der Waals surface area contributed by atoms with Crippen LogP contribution in [-0.2, 0) is 31.9 Å². The highest BCUT2D eigenvalue weighted by Crippen LogP contribution is 2.54. The molecule has 372 valence electrons. The third-order valence-electron chi connectivity index (χ3n) is 17.6. The number of hydrogen-bond donors (Lipinski definition) is 3. The minimum Gasteiger partial charge on any atom is -0.453 e. The van der Waals surface area contributed by atoms with Gasteiger partial charge < -0.3 is 34.9 Å². The van der Waals surface area contributed by atoms with Gasteiger partial charge in [-0.1, -0.05) is 83.0 Å². The molecule has 14 nitrogen and oxygen atoms in total. The van der Waals surface area contributed by atoms with E-state index >= 15 is 0 Å². The van der Waals surface area contributed by atoms with Gasteiger partial charge in [0, 0.05) is 30.4 Å². The number of H-pyrrole nitrogens is 1. The van der Waals surface area contributed by atoms with Gasteiger partial charge in [0.1, 0.15) is 17.9 Å². The number of aliphatic imine (C=N–C) groups is 1. The van der Waals surface area contributed by atoms with E-state index in [4.69, 9.17) is 19.5 Å². The number of methoxy groups -OCH3 is 2. The number of ether oxygens (including phenoxy) is 2. The van der Waals surface area contributed by atoms with Gasteiger partial charge in [0.05, 0.1) is 37.2 Å². The summed E-state index contributed by atoms with van der Waals surface area (Å²) in [5.74, 6) is 0.545. The molecule has 3 saturated carbocycles. The zero-order valence-electron chi connectivity index (χ0n) is 41.9. The van der Waals surface area contributed by atoms with Gasteiger partial charge in [0.2, 0.25) is 11.8 Å². The predicted molar refractivity (Wildman–Crippen MR) is 272 cm³/mol. The van der Waals surface area contributed by atoms with Crippen molar-refractivity contribution in [3.05, 3.63) is 93.7 Å². The molecule has 2 saturated heterocycles. The standard InChI is InChI=1S/C57H67N7O7/c1-30(2)47(60-55(68)70-5)53(66)63-38-16-13-35(23-38)49(63)46-26-37(29-58-46)32-9-11-33(12-10-32)40-18-19-41(44-28-57(27-43(40)44)21-7-8-22-57)34-15-20-45-42(25-34)52(65)62-51(59-45)50-36-14-17-39(24-36)64(50)54(67)48(31(3)4)61-56(69)71-6/h9-12,15,18-20,25,29-31,35-36,38-39,47-50H,7-8,13-14,16-17,21-24,26-28H2,1-6H3,(H,60,68)(H,61,69)(H,59,62,65)/t35-,36-,38+,39+,47?,48+,49-,50-/m0/s1. The molecule has 8 atom stereocenters. The molecule has 1 unspecified atom stereocenters. The fraction of sp³-hybridized carbons (Fsp3) is 0.526. The van der Waals surface area contributed by atoms with Gasteiger partial charge in [0.25, 0.3) is 5.56 Å². The van der Waals surface area contributed by atoms with Crippen molar-refractivity contribution in [3.8, 4) is 22.3 Å². The van der Waals surface area contributed by atoms with Gasteiger partial charge in [-0.2, -0.15) is 0 Å². The topological polar surface area (TPSA) is 175 Å². The molecule has 0 radical (unpaired) electrons. The molecule has 4 aromatic rings. The van der Waals surface area contributed by atoms with Crippen LogP contribution in [0.4, 0.5) is 9.59 Å². The molecule has 1 spiro atoms. The number of nitrogens with one attached hydrogen (secondary N) is 3. The van der Waals surface area contributed by atoms with E-state index in [1.807, 2.05) is 55.8 Å². The van der Waals surface area contributed by atoms with Crippen molar-refractivity contribution in [3.63, 3.8) is 0 Å². The molecular weight excluding hydrogens is 895 g/mol. The highest BCUT2D eigenvalue weighted by atomic mass is 16.5. The number of amides is 4. The molecule has 4 bridgehead atoms. The Balaban J connectivity index is 0.847. The average molecular weight is 962 g/mol. The number of nitrogens with zero attached hydrogens (tertiary/aromatic N) is 4. The maximum Gasteiger partial charge on any atom is 0.407 e.